The first-order chi connectivity index (χ1) is 13.6. The van der Waals surface area contributed by atoms with Crippen molar-refractivity contribution < 1.29 is 19.2 Å². The van der Waals surface area contributed by atoms with Crippen LogP contribution in [-0.2, 0) is 4.74 Å². The van der Waals surface area contributed by atoms with E-state index in [2.05, 4.69) is 10.6 Å². The lowest BCUT2D eigenvalue weighted by molar-refractivity contribution is -0.384. The van der Waals surface area contributed by atoms with Gasteiger partial charge in [0.05, 0.1) is 22.5 Å². The summed E-state index contributed by atoms with van der Waals surface area (Å²) in [6, 6.07) is 4.37. The Bertz CT molecular complexity index is 1000. The van der Waals surface area contributed by atoms with Gasteiger partial charge in [0, 0.05) is 31.9 Å². The van der Waals surface area contributed by atoms with Gasteiger partial charge in [-0.15, -0.1) is 11.3 Å². The first-order valence-corrected chi connectivity index (χ1v) is 9.55. The summed E-state index contributed by atoms with van der Waals surface area (Å²) in [5, 5.41) is 17.3. The van der Waals surface area contributed by atoms with Gasteiger partial charge in [-0.1, -0.05) is 6.07 Å². The number of ether oxygens (including phenoxy) is 1. The number of aryl methyl sites for hydroxylation is 1. The van der Waals surface area contributed by atoms with E-state index in [1.165, 1.54) is 24.1 Å². The molecule has 0 aliphatic carbocycles. The molecule has 0 fully saturated rings. The van der Waals surface area contributed by atoms with Crippen LogP contribution in [0.4, 0.5) is 16.4 Å². The Morgan fingerprint density at radius 3 is 2.45 bits per heavy atom. The van der Waals surface area contributed by atoms with Gasteiger partial charge in [0.1, 0.15) is 5.00 Å². The van der Waals surface area contributed by atoms with Gasteiger partial charge in [-0.05, 0) is 37.2 Å². The number of hydrogen-bond donors (Lipinski definition) is 2. The minimum Gasteiger partial charge on any atom is -0.465 e. The molecule has 0 aliphatic heterocycles. The zero-order valence-electron chi connectivity index (χ0n) is 16.5. The summed E-state index contributed by atoms with van der Waals surface area (Å²) in [7, 11) is 4.48. The number of nitrogens with one attached hydrogen (secondary N) is 2. The lowest BCUT2D eigenvalue weighted by atomic mass is 10.1. The minimum atomic E-state index is -0.603. The van der Waals surface area contributed by atoms with Gasteiger partial charge < -0.3 is 20.3 Å². The standard InChI is InChI=1S/C18H20N4O5S2/c1-9-6-7-11(22(25)26)8-12(9)19-18(28)20-15-13(17(24)27-5)10(2)14(29-15)16(23)21(3)4/h6-8H,1-5H3,(H2,19,20,28). The number of anilines is 2. The Hall–Kier alpha value is -3.05. The number of rotatable bonds is 5. The second kappa shape index (κ2) is 8.97. The highest BCUT2D eigenvalue weighted by atomic mass is 32.1. The van der Waals surface area contributed by atoms with Crippen LogP contribution in [-0.4, -0.2) is 48.0 Å². The molecule has 1 heterocycles. The number of nitro benzene ring substituents is 1. The summed E-state index contributed by atoms with van der Waals surface area (Å²) in [5.74, 6) is -0.854. The van der Waals surface area contributed by atoms with Crippen LogP contribution in [0.25, 0.3) is 0 Å². The molecule has 154 valence electrons. The highest BCUT2D eigenvalue weighted by Crippen LogP contribution is 2.34. The zero-order valence-corrected chi connectivity index (χ0v) is 18.1. The summed E-state index contributed by atoms with van der Waals surface area (Å²) in [6.07, 6.45) is 0. The molecule has 9 nitrogen and oxygen atoms in total. The molecule has 11 heteroatoms. The van der Waals surface area contributed by atoms with E-state index in [4.69, 9.17) is 17.0 Å². The van der Waals surface area contributed by atoms with E-state index in [1.807, 2.05) is 0 Å². The third kappa shape index (κ3) is 4.87. The summed E-state index contributed by atoms with van der Waals surface area (Å²) in [5.41, 5.74) is 1.81. The van der Waals surface area contributed by atoms with Crippen molar-refractivity contribution in [2.75, 3.05) is 31.8 Å². The third-order valence-corrected chi connectivity index (χ3v) is 5.44. The Balaban J connectivity index is 2.36. The van der Waals surface area contributed by atoms with Crippen LogP contribution in [0.3, 0.4) is 0 Å². The molecule has 0 saturated carbocycles. The number of carbonyl (C=O) groups is 2. The third-order valence-electron chi connectivity index (χ3n) is 4.04. The van der Waals surface area contributed by atoms with E-state index < -0.39 is 10.9 Å². The highest BCUT2D eigenvalue weighted by molar-refractivity contribution is 7.80. The van der Waals surface area contributed by atoms with Gasteiger partial charge in [0.2, 0.25) is 0 Å². The summed E-state index contributed by atoms with van der Waals surface area (Å²) in [6.45, 7) is 3.43. The van der Waals surface area contributed by atoms with Crippen molar-refractivity contribution in [2.45, 2.75) is 13.8 Å². The normalized spacial score (nSPS) is 10.2. The summed E-state index contributed by atoms with van der Waals surface area (Å²) >= 11 is 6.38. The van der Waals surface area contributed by atoms with Crippen LogP contribution in [0, 0.1) is 24.0 Å². The average molecular weight is 437 g/mol. The summed E-state index contributed by atoms with van der Waals surface area (Å²) < 4.78 is 4.84. The molecule has 0 spiro atoms. The number of nitro groups is 1. The van der Waals surface area contributed by atoms with E-state index in [-0.39, 0.29) is 22.3 Å². The van der Waals surface area contributed by atoms with Crippen LogP contribution in [0.1, 0.15) is 31.2 Å². The van der Waals surface area contributed by atoms with Crippen molar-refractivity contribution in [3.63, 3.8) is 0 Å². The fraction of sp³-hybridized carbons (Fsp3) is 0.278. The van der Waals surface area contributed by atoms with Crippen LogP contribution in [0.2, 0.25) is 0 Å². The molecule has 0 saturated heterocycles. The SMILES string of the molecule is COC(=O)c1c(NC(=S)Nc2cc([N+](=O)[O-])ccc2C)sc(C(=O)N(C)C)c1C. The van der Waals surface area contributed by atoms with Crippen molar-refractivity contribution in [1.29, 1.82) is 0 Å². The molecule has 2 rings (SSSR count). The molecular weight excluding hydrogens is 416 g/mol. The largest absolute Gasteiger partial charge is 0.465 e. The Labute approximate surface area is 176 Å². The van der Waals surface area contributed by atoms with E-state index >= 15 is 0 Å². The maximum atomic E-state index is 12.4. The van der Waals surface area contributed by atoms with Crippen molar-refractivity contribution in [3.05, 3.63) is 49.9 Å². The minimum absolute atomic E-state index is 0.0815. The van der Waals surface area contributed by atoms with Gasteiger partial charge in [0.25, 0.3) is 11.6 Å². The van der Waals surface area contributed by atoms with Crippen LogP contribution >= 0.6 is 23.6 Å². The van der Waals surface area contributed by atoms with E-state index in [9.17, 15) is 19.7 Å². The predicted octanol–water partition coefficient (Wildman–Crippen LogP) is 3.57. The van der Waals surface area contributed by atoms with Crippen molar-refractivity contribution in [2.24, 2.45) is 0 Å². The number of thiocarbonyl (C=S) groups is 1. The quantitative estimate of drug-likeness (QED) is 0.316. The number of methoxy groups -OCH3 is 1. The topological polar surface area (TPSA) is 114 Å². The first-order valence-electron chi connectivity index (χ1n) is 8.33. The molecule has 0 atom stereocenters. The van der Waals surface area contributed by atoms with Crippen molar-refractivity contribution in [3.8, 4) is 0 Å². The van der Waals surface area contributed by atoms with Crippen LogP contribution < -0.4 is 10.6 Å². The second-order valence-corrected chi connectivity index (χ2v) is 7.72. The molecule has 2 N–H and O–H groups in total. The van der Waals surface area contributed by atoms with Gasteiger partial charge in [0.15, 0.2) is 5.11 Å². The molecule has 2 aromatic rings. The molecule has 0 radical (unpaired) electrons. The monoisotopic (exact) mass is 436 g/mol. The number of amides is 1. The molecule has 1 aromatic heterocycles. The smallest absolute Gasteiger partial charge is 0.341 e. The summed E-state index contributed by atoms with van der Waals surface area (Å²) in [4.78, 5) is 37.0. The molecule has 1 amide bonds. The second-order valence-electron chi connectivity index (χ2n) is 6.29. The number of thiophene rings is 1. The molecule has 0 aliphatic rings. The van der Waals surface area contributed by atoms with Gasteiger partial charge in [-0.3, -0.25) is 14.9 Å². The number of carbonyl (C=O) groups excluding carboxylic acids is 2. The fourth-order valence-electron chi connectivity index (χ4n) is 2.47. The number of non-ortho nitro benzene ring substituents is 1. The molecule has 29 heavy (non-hydrogen) atoms. The zero-order chi connectivity index (χ0) is 21.9. The number of esters is 1. The predicted molar refractivity (Wildman–Crippen MR) is 116 cm³/mol. The average Bonchev–Trinajstić information content (AvgIpc) is 2.97. The van der Waals surface area contributed by atoms with E-state index in [1.54, 1.807) is 34.0 Å². The first kappa shape index (κ1) is 22.2. The van der Waals surface area contributed by atoms with Crippen LogP contribution in [0.5, 0.6) is 0 Å². The van der Waals surface area contributed by atoms with E-state index in [0.29, 0.717) is 21.1 Å². The Morgan fingerprint density at radius 1 is 1.24 bits per heavy atom. The number of hydrogen-bond acceptors (Lipinski definition) is 7. The number of benzene rings is 1. The number of nitrogens with zero attached hydrogens (tertiary/aromatic N) is 2. The maximum absolute atomic E-state index is 12.4. The maximum Gasteiger partial charge on any atom is 0.341 e. The van der Waals surface area contributed by atoms with E-state index in [0.717, 1.165) is 16.9 Å². The lowest BCUT2D eigenvalue weighted by Gasteiger charge is -2.12. The molecule has 0 bridgehead atoms. The lowest BCUT2D eigenvalue weighted by Crippen LogP contribution is -2.21. The van der Waals surface area contributed by atoms with Gasteiger partial charge in [-0.25, -0.2) is 4.79 Å². The fourth-order valence-corrected chi connectivity index (χ4v) is 3.97. The molecule has 1 aromatic carbocycles. The Morgan fingerprint density at radius 2 is 1.90 bits per heavy atom. The van der Waals surface area contributed by atoms with Crippen LogP contribution in [0.15, 0.2) is 18.2 Å². The molecular formula is C18H20N4O5S2. The Kier molecular flexibility index (Phi) is 6.88. The molecule has 0 unspecified atom stereocenters. The van der Waals surface area contributed by atoms with Gasteiger partial charge >= 0.3 is 5.97 Å². The van der Waals surface area contributed by atoms with Gasteiger partial charge in [-0.2, -0.15) is 0 Å². The highest BCUT2D eigenvalue weighted by Gasteiger charge is 2.26. The van der Waals surface area contributed by atoms with Crippen molar-refractivity contribution in [1.82, 2.24) is 4.90 Å². The van der Waals surface area contributed by atoms with Crippen molar-refractivity contribution >= 4 is 56.9 Å².